The number of carbonyl (C=O) groups excluding carboxylic acids is 1. The number of para-hydroxylation sites is 1. The number of fused-ring (bicyclic) bond motifs is 3. The van der Waals surface area contributed by atoms with E-state index in [0.29, 0.717) is 23.5 Å². The Kier molecular flexibility index (Phi) is 4.72. The number of benzene rings is 2. The maximum atomic E-state index is 13.4. The van der Waals surface area contributed by atoms with Gasteiger partial charge < -0.3 is 4.74 Å². The Morgan fingerprint density at radius 1 is 1.11 bits per heavy atom. The first-order valence-electron chi connectivity index (χ1n) is 8.81. The fourth-order valence-corrected chi connectivity index (χ4v) is 6.00. The molecule has 1 aromatic heterocycles. The van der Waals surface area contributed by atoms with Crippen molar-refractivity contribution in [2.75, 3.05) is 18.0 Å². The minimum Gasteiger partial charge on any atom is -0.465 e. The van der Waals surface area contributed by atoms with Crippen LogP contribution < -0.4 is 4.31 Å². The molecule has 0 atom stereocenters. The van der Waals surface area contributed by atoms with Crippen LogP contribution in [0.1, 0.15) is 20.8 Å². The average molecular weight is 414 g/mol. The zero-order chi connectivity index (χ0) is 19.9. The largest absolute Gasteiger partial charge is 0.465 e. The molecule has 5 nitrogen and oxygen atoms in total. The molecule has 28 heavy (non-hydrogen) atoms. The van der Waals surface area contributed by atoms with Gasteiger partial charge >= 0.3 is 5.97 Å². The molecule has 2 aromatic carbocycles. The van der Waals surface area contributed by atoms with Crippen molar-refractivity contribution in [3.05, 3.63) is 70.6 Å². The van der Waals surface area contributed by atoms with Crippen LogP contribution in [0.5, 0.6) is 0 Å². The molecule has 1 aliphatic heterocycles. The normalized spacial score (nSPS) is 13.4. The van der Waals surface area contributed by atoms with E-state index in [1.54, 1.807) is 24.3 Å². The van der Waals surface area contributed by atoms with Crippen LogP contribution >= 0.6 is 11.3 Å². The molecule has 2 heterocycles. The van der Waals surface area contributed by atoms with Crippen molar-refractivity contribution in [1.82, 2.24) is 0 Å². The SMILES string of the molecule is COC(=O)c1cc2c(s1)-c1ccccc1N(S(=O)(=O)c1ccc(C)cc1)CC2. The van der Waals surface area contributed by atoms with Crippen molar-refractivity contribution in [1.29, 1.82) is 0 Å². The summed E-state index contributed by atoms with van der Waals surface area (Å²) in [5, 5.41) is 0. The smallest absolute Gasteiger partial charge is 0.348 e. The third-order valence-corrected chi connectivity index (χ3v) is 7.82. The van der Waals surface area contributed by atoms with Crippen molar-refractivity contribution < 1.29 is 17.9 Å². The van der Waals surface area contributed by atoms with Gasteiger partial charge in [-0.15, -0.1) is 11.3 Å². The van der Waals surface area contributed by atoms with E-state index in [1.165, 1.54) is 22.8 Å². The van der Waals surface area contributed by atoms with Crippen LogP contribution in [-0.4, -0.2) is 28.0 Å². The number of methoxy groups -OCH3 is 1. The van der Waals surface area contributed by atoms with E-state index in [0.717, 1.165) is 21.6 Å². The molecule has 0 saturated heterocycles. The maximum Gasteiger partial charge on any atom is 0.348 e. The summed E-state index contributed by atoms with van der Waals surface area (Å²) in [5.41, 5.74) is 3.40. The summed E-state index contributed by atoms with van der Waals surface area (Å²) >= 11 is 1.34. The third-order valence-electron chi connectivity index (χ3n) is 4.81. The minimum absolute atomic E-state index is 0.272. The average Bonchev–Trinajstić information content (AvgIpc) is 3.05. The lowest BCUT2D eigenvalue weighted by molar-refractivity contribution is 0.0606. The third kappa shape index (κ3) is 3.10. The predicted octanol–water partition coefficient (Wildman–Crippen LogP) is 4.26. The zero-order valence-corrected chi connectivity index (χ0v) is 17.1. The molecule has 0 fully saturated rings. The quantitative estimate of drug-likeness (QED) is 0.602. The van der Waals surface area contributed by atoms with E-state index >= 15 is 0 Å². The van der Waals surface area contributed by atoms with Crippen molar-refractivity contribution in [2.45, 2.75) is 18.2 Å². The van der Waals surface area contributed by atoms with Crippen LogP contribution in [-0.2, 0) is 21.2 Å². The molecule has 1 aliphatic rings. The number of ether oxygens (including phenoxy) is 1. The number of rotatable bonds is 3. The van der Waals surface area contributed by atoms with Gasteiger partial charge in [0.1, 0.15) is 4.88 Å². The fraction of sp³-hybridized carbons (Fsp3) is 0.190. The molecule has 0 amide bonds. The van der Waals surface area contributed by atoms with E-state index in [-0.39, 0.29) is 10.9 Å². The molecule has 0 aliphatic carbocycles. The summed E-state index contributed by atoms with van der Waals surface area (Å²) in [5.74, 6) is -0.375. The van der Waals surface area contributed by atoms with Crippen LogP contribution in [0.2, 0.25) is 0 Å². The lowest BCUT2D eigenvalue weighted by Gasteiger charge is -2.24. The molecule has 144 valence electrons. The molecule has 3 aromatic rings. The van der Waals surface area contributed by atoms with Crippen LogP contribution in [0.3, 0.4) is 0 Å². The summed E-state index contributed by atoms with van der Waals surface area (Å²) in [4.78, 5) is 13.7. The monoisotopic (exact) mass is 413 g/mol. The Hall–Kier alpha value is -2.64. The second-order valence-electron chi connectivity index (χ2n) is 6.61. The lowest BCUT2D eigenvalue weighted by Crippen LogP contribution is -2.32. The highest BCUT2D eigenvalue weighted by Gasteiger charge is 2.31. The van der Waals surface area contributed by atoms with Gasteiger partial charge in [-0.1, -0.05) is 35.9 Å². The number of aryl methyl sites for hydroxylation is 1. The molecule has 0 unspecified atom stereocenters. The predicted molar refractivity (Wildman–Crippen MR) is 111 cm³/mol. The Labute approximate surface area is 168 Å². The summed E-state index contributed by atoms with van der Waals surface area (Å²) in [6.07, 6.45) is 0.516. The number of nitrogens with zero attached hydrogens (tertiary/aromatic N) is 1. The van der Waals surface area contributed by atoms with Gasteiger partial charge in [0.05, 0.1) is 17.7 Å². The Morgan fingerprint density at radius 3 is 2.54 bits per heavy atom. The van der Waals surface area contributed by atoms with E-state index in [9.17, 15) is 13.2 Å². The molecule has 0 bridgehead atoms. The number of esters is 1. The van der Waals surface area contributed by atoms with Gasteiger partial charge in [-0.2, -0.15) is 0 Å². The summed E-state index contributed by atoms with van der Waals surface area (Å²) < 4.78 is 33.0. The Balaban J connectivity index is 1.84. The molecule has 0 N–H and O–H groups in total. The first kappa shape index (κ1) is 18.7. The van der Waals surface area contributed by atoms with Gasteiger partial charge in [0.2, 0.25) is 0 Å². The van der Waals surface area contributed by atoms with Gasteiger partial charge in [-0.3, -0.25) is 4.31 Å². The van der Waals surface area contributed by atoms with Gasteiger partial charge in [0.25, 0.3) is 10.0 Å². The molecular weight excluding hydrogens is 394 g/mol. The summed E-state index contributed by atoms with van der Waals surface area (Å²) in [6, 6.07) is 16.1. The molecule has 0 saturated carbocycles. The number of hydrogen-bond donors (Lipinski definition) is 0. The highest BCUT2D eigenvalue weighted by atomic mass is 32.2. The Bertz CT molecular complexity index is 1150. The molecule has 4 rings (SSSR count). The molecule has 7 heteroatoms. The van der Waals surface area contributed by atoms with E-state index in [4.69, 9.17) is 4.74 Å². The molecule has 0 radical (unpaired) electrons. The second kappa shape index (κ2) is 7.07. The topological polar surface area (TPSA) is 63.7 Å². The number of carbonyl (C=O) groups is 1. The van der Waals surface area contributed by atoms with Crippen molar-refractivity contribution in [2.24, 2.45) is 0 Å². The number of anilines is 1. The van der Waals surface area contributed by atoms with Crippen LogP contribution in [0, 0.1) is 6.92 Å². The number of hydrogen-bond acceptors (Lipinski definition) is 5. The summed E-state index contributed by atoms with van der Waals surface area (Å²) in [7, 11) is -2.34. The fourth-order valence-electron chi connectivity index (χ4n) is 3.36. The maximum absolute atomic E-state index is 13.4. The van der Waals surface area contributed by atoms with Gasteiger partial charge in [-0.25, -0.2) is 13.2 Å². The number of thiophene rings is 1. The zero-order valence-electron chi connectivity index (χ0n) is 15.5. The van der Waals surface area contributed by atoms with Gasteiger partial charge in [0, 0.05) is 17.0 Å². The van der Waals surface area contributed by atoms with Crippen molar-refractivity contribution in [3.63, 3.8) is 0 Å². The second-order valence-corrected chi connectivity index (χ2v) is 9.53. The highest BCUT2D eigenvalue weighted by molar-refractivity contribution is 7.92. The standard InChI is InChI=1S/C21H19NO4S2/c1-14-7-9-16(10-8-14)28(24,25)22-12-11-15-13-19(21(23)26-2)27-20(15)17-5-3-4-6-18(17)22/h3-10,13H,11-12H2,1-2H3. The minimum atomic E-state index is -3.70. The van der Waals surface area contributed by atoms with Crippen LogP contribution in [0.25, 0.3) is 10.4 Å². The molecule has 0 spiro atoms. The molecular formula is C21H19NO4S2. The first-order chi connectivity index (χ1) is 13.4. The summed E-state index contributed by atoms with van der Waals surface area (Å²) in [6.45, 7) is 2.23. The van der Waals surface area contributed by atoms with E-state index in [2.05, 4.69) is 0 Å². The highest BCUT2D eigenvalue weighted by Crippen LogP contribution is 2.43. The van der Waals surface area contributed by atoms with Crippen LogP contribution in [0.4, 0.5) is 5.69 Å². The first-order valence-corrected chi connectivity index (χ1v) is 11.1. The van der Waals surface area contributed by atoms with Crippen molar-refractivity contribution >= 4 is 33.0 Å². The van der Waals surface area contributed by atoms with Crippen molar-refractivity contribution in [3.8, 4) is 10.4 Å². The number of sulfonamides is 1. The van der Waals surface area contributed by atoms with E-state index < -0.39 is 10.0 Å². The lowest BCUT2D eigenvalue weighted by atomic mass is 10.1. The Morgan fingerprint density at radius 2 is 1.82 bits per heavy atom. The van der Waals surface area contributed by atoms with Crippen LogP contribution in [0.15, 0.2) is 59.5 Å². The van der Waals surface area contributed by atoms with Gasteiger partial charge in [-0.05, 0) is 43.2 Å². The van der Waals surface area contributed by atoms with Gasteiger partial charge in [0.15, 0.2) is 0 Å². The van der Waals surface area contributed by atoms with E-state index in [1.807, 2.05) is 37.3 Å².